The van der Waals surface area contributed by atoms with Crippen molar-refractivity contribution in [3.05, 3.63) is 107 Å². The second-order valence-corrected chi connectivity index (χ2v) is 8.77. The quantitative estimate of drug-likeness (QED) is 0.392. The minimum Gasteiger partial charge on any atom is -0.334 e. The first-order valence-electron chi connectivity index (χ1n) is 11.3. The maximum atomic E-state index is 13.4. The Kier molecular flexibility index (Phi) is 5.49. The van der Waals surface area contributed by atoms with Gasteiger partial charge in [0.05, 0.1) is 17.3 Å². The van der Waals surface area contributed by atoms with Crippen LogP contribution in [0.25, 0.3) is 17.0 Å². The number of hydrogen-bond acceptors (Lipinski definition) is 4. The van der Waals surface area contributed by atoms with Gasteiger partial charge in [0.25, 0.3) is 5.89 Å². The van der Waals surface area contributed by atoms with E-state index >= 15 is 0 Å². The fourth-order valence-corrected chi connectivity index (χ4v) is 4.54. The van der Waals surface area contributed by atoms with E-state index in [1.807, 2.05) is 94.4 Å². The smallest absolute Gasteiger partial charge is 0.326 e. The lowest BCUT2D eigenvalue weighted by Gasteiger charge is -2.35. The number of urea groups is 1. The third kappa shape index (κ3) is 3.99. The van der Waals surface area contributed by atoms with E-state index in [1.165, 1.54) is 0 Å². The molecule has 0 aliphatic carbocycles. The Morgan fingerprint density at radius 1 is 0.853 bits per heavy atom. The number of amides is 2. The molecule has 2 amide bonds. The van der Waals surface area contributed by atoms with E-state index in [0.29, 0.717) is 11.7 Å². The Labute approximate surface area is 198 Å². The van der Waals surface area contributed by atoms with Gasteiger partial charge in [-0.1, -0.05) is 65.3 Å². The number of nitrogens with zero attached hydrogens (tertiary/aromatic N) is 3. The molecule has 1 N–H and O–H groups in total. The predicted octanol–water partition coefficient (Wildman–Crippen LogP) is 6.36. The molecular formula is C28H26N4O2. The van der Waals surface area contributed by atoms with Gasteiger partial charge in [-0.05, 0) is 62.6 Å². The molecule has 6 nitrogen and oxygen atoms in total. The van der Waals surface area contributed by atoms with Crippen molar-refractivity contribution in [3.8, 4) is 11.4 Å². The molecule has 3 aromatic carbocycles. The first-order valence-corrected chi connectivity index (χ1v) is 11.3. The first kappa shape index (κ1) is 21.6. The second-order valence-electron chi connectivity index (χ2n) is 8.77. The van der Waals surface area contributed by atoms with Crippen molar-refractivity contribution >= 4 is 17.3 Å². The Morgan fingerprint density at radius 2 is 1.59 bits per heavy atom. The highest BCUT2D eigenvalue weighted by atomic mass is 16.5. The number of allylic oxidation sites excluding steroid dienone is 1. The second kappa shape index (κ2) is 8.63. The topological polar surface area (TPSA) is 71.3 Å². The van der Waals surface area contributed by atoms with Crippen molar-refractivity contribution in [3.63, 3.8) is 0 Å². The molecule has 1 aliphatic rings. The highest BCUT2D eigenvalue weighted by Crippen LogP contribution is 2.39. The molecule has 5 rings (SSSR count). The lowest BCUT2D eigenvalue weighted by atomic mass is 9.94. The predicted molar refractivity (Wildman–Crippen MR) is 133 cm³/mol. The Hall–Kier alpha value is -4.19. The highest BCUT2D eigenvalue weighted by Gasteiger charge is 2.36. The van der Waals surface area contributed by atoms with Crippen LogP contribution in [-0.2, 0) is 0 Å². The van der Waals surface area contributed by atoms with Crippen LogP contribution in [0.3, 0.4) is 0 Å². The number of carbonyl (C=O) groups excluding carboxylic acids is 1. The Bertz CT molecular complexity index is 1380. The summed E-state index contributed by atoms with van der Waals surface area (Å²) < 4.78 is 5.79. The van der Waals surface area contributed by atoms with Crippen LogP contribution >= 0.6 is 0 Å². The average Bonchev–Trinajstić information content (AvgIpc) is 3.28. The fraction of sp³-hybridized carbons (Fsp3) is 0.179. The molecule has 0 bridgehead atoms. The Balaban J connectivity index is 1.67. The molecule has 0 saturated carbocycles. The summed E-state index contributed by atoms with van der Waals surface area (Å²) in [6.45, 7) is 8.01. The number of anilines is 1. The zero-order valence-electron chi connectivity index (χ0n) is 19.7. The van der Waals surface area contributed by atoms with E-state index in [-0.39, 0.29) is 6.03 Å². The van der Waals surface area contributed by atoms with Crippen LogP contribution in [0.4, 0.5) is 10.5 Å². The zero-order valence-corrected chi connectivity index (χ0v) is 19.7. The molecule has 1 aliphatic heterocycles. The van der Waals surface area contributed by atoms with Crippen molar-refractivity contribution in [2.45, 2.75) is 33.7 Å². The van der Waals surface area contributed by atoms with Gasteiger partial charge in [0.2, 0.25) is 5.82 Å². The molecule has 2 heterocycles. The van der Waals surface area contributed by atoms with Gasteiger partial charge in [0.15, 0.2) is 0 Å². The van der Waals surface area contributed by atoms with E-state index in [4.69, 9.17) is 9.51 Å². The van der Waals surface area contributed by atoms with Crippen molar-refractivity contribution in [1.29, 1.82) is 0 Å². The molecule has 6 heteroatoms. The largest absolute Gasteiger partial charge is 0.334 e. The standard InChI is InChI=1S/C28H26N4O2/c1-17-9-8-12-22(14-17)26-30-27(34-31-26)24-20(4)32(23-15-18(2)13-19(3)16-23)28(33)29-25(24)21-10-6-5-7-11-21/h5-16,25H,1-4H3,(H,29,33). The molecule has 0 fully saturated rings. The highest BCUT2D eigenvalue weighted by molar-refractivity contribution is 6.01. The number of benzene rings is 3. The number of carbonyl (C=O) groups is 1. The van der Waals surface area contributed by atoms with Gasteiger partial charge >= 0.3 is 6.03 Å². The molecular weight excluding hydrogens is 424 g/mol. The molecule has 0 saturated heterocycles. The summed E-state index contributed by atoms with van der Waals surface area (Å²) in [6, 6.07) is 23.3. The summed E-state index contributed by atoms with van der Waals surface area (Å²) in [6.07, 6.45) is 0. The van der Waals surface area contributed by atoms with E-state index < -0.39 is 6.04 Å². The van der Waals surface area contributed by atoms with Crippen molar-refractivity contribution in [1.82, 2.24) is 15.5 Å². The third-order valence-corrected chi connectivity index (χ3v) is 6.02. The SMILES string of the molecule is CC1=C(c2nc(-c3cccc(C)c3)no2)C(c2ccccc2)NC(=O)N1c1cc(C)cc(C)c1. The summed E-state index contributed by atoms with van der Waals surface area (Å²) in [5.41, 5.74) is 7.44. The van der Waals surface area contributed by atoms with Crippen molar-refractivity contribution in [2.75, 3.05) is 4.90 Å². The normalized spacial score (nSPS) is 16.1. The van der Waals surface area contributed by atoms with Gasteiger partial charge in [-0.3, -0.25) is 4.90 Å². The third-order valence-electron chi connectivity index (χ3n) is 6.02. The van der Waals surface area contributed by atoms with Crippen LogP contribution in [0.15, 0.2) is 83.0 Å². The van der Waals surface area contributed by atoms with Crippen LogP contribution in [0.2, 0.25) is 0 Å². The number of aryl methyl sites for hydroxylation is 3. The van der Waals surface area contributed by atoms with Crippen LogP contribution in [-0.4, -0.2) is 16.2 Å². The van der Waals surface area contributed by atoms with Crippen LogP contribution in [0.5, 0.6) is 0 Å². The fourth-order valence-electron chi connectivity index (χ4n) is 4.54. The number of nitrogens with one attached hydrogen (secondary N) is 1. The van der Waals surface area contributed by atoms with E-state index in [0.717, 1.165) is 44.8 Å². The Morgan fingerprint density at radius 3 is 2.29 bits per heavy atom. The molecule has 170 valence electrons. The maximum Gasteiger partial charge on any atom is 0.326 e. The van der Waals surface area contributed by atoms with Gasteiger partial charge in [0.1, 0.15) is 0 Å². The molecule has 1 unspecified atom stereocenters. The summed E-state index contributed by atoms with van der Waals surface area (Å²) in [4.78, 5) is 19.8. The molecule has 0 spiro atoms. The monoisotopic (exact) mass is 450 g/mol. The van der Waals surface area contributed by atoms with E-state index in [9.17, 15) is 4.79 Å². The minimum absolute atomic E-state index is 0.196. The first-order chi connectivity index (χ1) is 16.4. The summed E-state index contributed by atoms with van der Waals surface area (Å²) in [7, 11) is 0. The van der Waals surface area contributed by atoms with E-state index in [1.54, 1.807) is 4.90 Å². The van der Waals surface area contributed by atoms with Gasteiger partial charge in [-0.25, -0.2) is 4.79 Å². The molecule has 0 radical (unpaired) electrons. The van der Waals surface area contributed by atoms with Gasteiger partial charge in [-0.2, -0.15) is 4.98 Å². The lowest BCUT2D eigenvalue weighted by molar-refractivity contribution is 0.244. The minimum atomic E-state index is -0.415. The molecule has 4 aromatic rings. The van der Waals surface area contributed by atoms with Crippen LogP contribution in [0.1, 0.15) is 41.1 Å². The molecule has 1 atom stereocenters. The van der Waals surface area contributed by atoms with Gasteiger partial charge < -0.3 is 9.84 Å². The van der Waals surface area contributed by atoms with E-state index in [2.05, 4.69) is 16.5 Å². The molecule has 34 heavy (non-hydrogen) atoms. The summed E-state index contributed by atoms with van der Waals surface area (Å²) in [5, 5.41) is 7.42. The summed E-state index contributed by atoms with van der Waals surface area (Å²) in [5.74, 6) is 0.901. The van der Waals surface area contributed by atoms with Gasteiger partial charge in [-0.15, -0.1) is 0 Å². The van der Waals surface area contributed by atoms with Crippen molar-refractivity contribution < 1.29 is 9.32 Å². The number of hydrogen-bond donors (Lipinski definition) is 1. The number of aromatic nitrogens is 2. The molecule has 1 aromatic heterocycles. The summed E-state index contributed by atoms with van der Waals surface area (Å²) >= 11 is 0. The lowest BCUT2D eigenvalue weighted by Crippen LogP contribution is -2.46. The number of rotatable bonds is 4. The van der Waals surface area contributed by atoms with Crippen molar-refractivity contribution in [2.24, 2.45) is 0 Å². The van der Waals surface area contributed by atoms with Gasteiger partial charge in [0, 0.05) is 11.3 Å². The van der Waals surface area contributed by atoms with Crippen LogP contribution < -0.4 is 10.2 Å². The van der Waals surface area contributed by atoms with Crippen LogP contribution in [0, 0.1) is 20.8 Å². The zero-order chi connectivity index (χ0) is 23.8. The average molecular weight is 451 g/mol. The maximum absolute atomic E-state index is 13.4.